The van der Waals surface area contributed by atoms with Gasteiger partial charge in [-0.15, -0.1) is 0 Å². The van der Waals surface area contributed by atoms with Crippen molar-refractivity contribution in [2.45, 2.75) is 6.04 Å². The maximum Gasteiger partial charge on any atom is 0.212 e. The van der Waals surface area contributed by atoms with E-state index in [0.717, 1.165) is 31.2 Å². The van der Waals surface area contributed by atoms with E-state index < -0.39 is 0 Å². The number of ketones is 1. The summed E-state index contributed by atoms with van der Waals surface area (Å²) in [4.78, 5) is 23.5. The van der Waals surface area contributed by atoms with Gasteiger partial charge in [0.2, 0.25) is 5.78 Å². The number of carbonyl (C=O) groups excluding carboxylic acids is 1. The van der Waals surface area contributed by atoms with Crippen LogP contribution in [0, 0.1) is 0 Å². The van der Waals surface area contributed by atoms with E-state index in [1.54, 1.807) is 37.7 Å². The standard InChI is InChI=1S/C22H22N4O2/c1-28-18-9-7-16(8-10-18)20-15-26(13-12-24-20)21-6-2-5-19(25-21)22(27)17-4-3-11-23-14-17/h2-11,14,20,24H,12-13,15H2,1H3. The minimum absolute atomic E-state index is 0.114. The predicted molar refractivity (Wildman–Crippen MR) is 108 cm³/mol. The molecule has 1 fully saturated rings. The average Bonchev–Trinajstić information content (AvgIpc) is 2.79. The number of nitrogens with zero attached hydrogens (tertiary/aromatic N) is 3. The number of aromatic nitrogens is 2. The highest BCUT2D eigenvalue weighted by Gasteiger charge is 2.22. The fraction of sp³-hybridized carbons (Fsp3) is 0.227. The molecular formula is C22H22N4O2. The second-order valence-electron chi connectivity index (χ2n) is 6.68. The molecule has 0 spiro atoms. The van der Waals surface area contributed by atoms with Crippen LogP contribution in [0.25, 0.3) is 0 Å². The van der Waals surface area contributed by atoms with Crippen molar-refractivity contribution in [2.75, 3.05) is 31.6 Å². The third-order valence-corrected chi connectivity index (χ3v) is 4.91. The molecule has 1 aliphatic heterocycles. The third kappa shape index (κ3) is 3.87. The number of ether oxygens (including phenoxy) is 1. The minimum Gasteiger partial charge on any atom is -0.497 e. The minimum atomic E-state index is -0.114. The second kappa shape index (κ2) is 8.19. The molecule has 6 nitrogen and oxygen atoms in total. The van der Waals surface area contributed by atoms with E-state index in [-0.39, 0.29) is 11.8 Å². The number of pyridine rings is 2. The van der Waals surface area contributed by atoms with Crippen LogP contribution >= 0.6 is 0 Å². The number of carbonyl (C=O) groups is 1. The molecular weight excluding hydrogens is 352 g/mol. The molecule has 28 heavy (non-hydrogen) atoms. The Bertz CT molecular complexity index is 944. The maximum absolute atomic E-state index is 12.7. The molecule has 1 aliphatic rings. The normalized spacial score (nSPS) is 16.6. The summed E-state index contributed by atoms with van der Waals surface area (Å²) in [5.41, 5.74) is 2.18. The van der Waals surface area contributed by atoms with Crippen molar-refractivity contribution in [3.05, 3.63) is 83.8 Å². The first-order valence-corrected chi connectivity index (χ1v) is 9.28. The molecule has 1 aromatic carbocycles. The van der Waals surface area contributed by atoms with Crippen LogP contribution in [0.2, 0.25) is 0 Å². The summed E-state index contributed by atoms with van der Waals surface area (Å²) in [5, 5.41) is 3.55. The molecule has 4 rings (SSSR count). The number of methoxy groups -OCH3 is 1. The molecule has 0 saturated carbocycles. The summed E-state index contributed by atoms with van der Waals surface area (Å²) < 4.78 is 5.24. The topological polar surface area (TPSA) is 67.3 Å². The van der Waals surface area contributed by atoms with E-state index in [1.165, 1.54) is 5.56 Å². The number of anilines is 1. The van der Waals surface area contributed by atoms with Crippen LogP contribution in [0.1, 0.15) is 27.7 Å². The van der Waals surface area contributed by atoms with Crippen LogP contribution in [-0.2, 0) is 0 Å². The van der Waals surface area contributed by atoms with Gasteiger partial charge in [0.25, 0.3) is 0 Å². The van der Waals surface area contributed by atoms with Gasteiger partial charge >= 0.3 is 0 Å². The van der Waals surface area contributed by atoms with E-state index in [1.807, 2.05) is 24.3 Å². The van der Waals surface area contributed by atoms with E-state index in [4.69, 9.17) is 4.74 Å². The molecule has 6 heteroatoms. The molecule has 1 atom stereocenters. The summed E-state index contributed by atoms with van der Waals surface area (Å²) >= 11 is 0. The molecule has 142 valence electrons. The Balaban J connectivity index is 1.53. The van der Waals surface area contributed by atoms with Crippen molar-refractivity contribution in [2.24, 2.45) is 0 Å². The molecule has 0 amide bonds. The molecule has 0 aliphatic carbocycles. The fourth-order valence-electron chi connectivity index (χ4n) is 3.39. The largest absolute Gasteiger partial charge is 0.497 e. The lowest BCUT2D eigenvalue weighted by Crippen LogP contribution is -2.46. The van der Waals surface area contributed by atoms with Crippen molar-refractivity contribution in [1.29, 1.82) is 0 Å². The van der Waals surface area contributed by atoms with Gasteiger partial charge in [-0.3, -0.25) is 9.78 Å². The van der Waals surface area contributed by atoms with Gasteiger partial charge in [-0.1, -0.05) is 18.2 Å². The lowest BCUT2D eigenvalue weighted by Gasteiger charge is -2.35. The monoisotopic (exact) mass is 374 g/mol. The van der Waals surface area contributed by atoms with Gasteiger partial charge < -0.3 is 15.0 Å². The molecule has 3 aromatic rings. The summed E-state index contributed by atoms with van der Waals surface area (Å²) in [6.07, 6.45) is 3.22. The van der Waals surface area contributed by atoms with Gasteiger partial charge in [-0.2, -0.15) is 0 Å². The molecule has 1 N–H and O–H groups in total. The van der Waals surface area contributed by atoms with Crippen LogP contribution in [0.5, 0.6) is 5.75 Å². The van der Waals surface area contributed by atoms with E-state index in [2.05, 4.69) is 32.3 Å². The molecule has 2 aromatic heterocycles. The van der Waals surface area contributed by atoms with Gasteiger partial charge in [-0.25, -0.2) is 4.98 Å². The lowest BCUT2D eigenvalue weighted by atomic mass is 10.0. The van der Waals surface area contributed by atoms with Crippen LogP contribution in [0.15, 0.2) is 67.0 Å². The van der Waals surface area contributed by atoms with Crippen molar-refractivity contribution in [3.63, 3.8) is 0 Å². The number of hydrogen-bond donors (Lipinski definition) is 1. The number of piperazine rings is 1. The highest BCUT2D eigenvalue weighted by atomic mass is 16.5. The average molecular weight is 374 g/mol. The van der Waals surface area contributed by atoms with Gasteiger partial charge in [0.05, 0.1) is 7.11 Å². The van der Waals surface area contributed by atoms with Gasteiger partial charge in [0.15, 0.2) is 0 Å². The number of hydrogen-bond acceptors (Lipinski definition) is 6. The Labute approximate surface area is 164 Å². The fourth-order valence-corrected chi connectivity index (χ4v) is 3.39. The maximum atomic E-state index is 12.7. The zero-order valence-electron chi connectivity index (χ0n) is 15.7. The molecule has 3 heterocycles. The highest BCUT2D eigenvalue weighted by Crippen LogP contribution is 2.23. The first kappa shape index (κ1) is 18.1. The Hall–Kier alpha value is -3.25. The SMILES string of the molecule is COc1ccc(C2CN(c3cccc(C(=O)c4cccnc4)n3)CCN2)cc1. The number of benzene rings is 1. The Morgan fingerprint density at radius 2 is 2.00 bits per heavy atom. The highest BCUT2D eigenvalue weighted by molar-refractivity contribution is 6.07. The Morgan fingerprint density at radius 1 is 1.14 bits per heavy atom. The molecule has 0 bridgehead atoms. The summed E-state index contributed by atoms with van der Waals surface area (Å²) in [5.74, 6) is 1.55. The summed E-state index contributed by atoms with van der Waals surface area (Å²) in [6.45, 7) is 2.47. The van der Waals surface area contributed by atoms with Gasteiger partial charge in [-0.05, 0) is 42.0 Å². The zero-order chi connectivity index (χ0) is 19.3. The molecule has 1 unspecified atom stereocenters. The van der Waals surface area contributed by atoms with E-state index >= 15 is 0 Å². The Kier molecular flexibility index (Phi) is 5.30. The number of nitrogens with one attached hydrogen (secondary N) is 1. The van der Waals surface area contributed by atoms with Crippen molar-refractivity contribution < 1.29 is 9.53 Å². The number of rotatable bonds is 5. The quantitative estimate of drug-likeness (QED) is 0.693. The van der Waals surface area contributed by atoms with Crippen LogP contribution in [-0.4, -0.2) is 42.5 Å². The van der Waals surface area contributed by atoms with Crippen LogP contribution < -0.4 is 15.0 Å². The van der Waals surface area contributed by atoms with Crippen molar-refractivity contribution in [3.8, 4) is 5.75 Å². The van der Waals surface area contributed by atoms with Crippen molar-refractivity contribution in [1.82, 2.24) is 15.3 Å². The van der Waals surface area contributed by atoms with Crippen molar-refractivity contribution >= 4 is 11.6 Å². The van der Waals surface area contributed by atoms with Crippen LogP contribution in [0.4, 0.5) is 5.82 Å². The predicted octanol–water partition coefficient (Wildman–Crippen LogP) is 2.87. The Morgan fingerprint density at radius 3 is 2.75 bits per heavy atom. The third-order valence-electron chi connectivity index (χ3n) is 4.91. The summed E-state index contributed by atoms with van der Waals surface area (Å²) in [7, 11) is 1.67. The van der Waals surface area contributed by atoms with E-state index in [9.17, 15) is 4.79 Å². The van der Waals surface area contributed by atoms with E-state index in [0.29, 0.717) is 11.3 Å². The summed E-state index contributed by atoms with van der Waals surface area (Å²) in [6, 6.07) is 17.4. The van der Waals surface area contributed by atoms with Crippen LogP contribution in [0.3, 0.4) is 0 Å². The molecule has 1 saturated heterocycles. The molecule has 0 radical (unpaired) electrons. The smallest absolute Gasteiger partial charge is 0.212 e. The first-order valence-electron chi connectivity index (χ1n) is 9.28. The van der Waals surface area contributed by atoms with Gasteiger partial charge in [0.1, 0.15) is 17.3 Å². The lowest BCUT2D eigenvalue weighted by molar-refractivity contribution is 0.103. The second-order valence-corrected chi connectivity index (χ2v) is 6.68. The first-order chi connectivity index (χ1) is 13.7. The zero-order valence-corrected chi connectivity index (χ0v) is 15.7. The van der Waals surface area contributed by atoms with Gasteiger partial charge in [0, 0.05) is 43.6 Å².